The van der Waals surface area contributed by atoms with Crippen molar-refractivity contribution in [3.8, 4) is 0 Å². The molecule has 20 heavy (non-hydrogen) atoms. The van der Waals surface area contributed by atoms with Crippen molar-refractivity contribution in [2.45, 2.75) is 45.4 Å². The number of oxime groups is 1. The van der Waals surface area contributed by atoms with E-state index in [1.54, 1.807) is 0 Å². The molecule has 114 valence electrons. The molecule has 1 unspecified atom stereocenters. The quantitative estimate of drug-likeness (QED) is 0.256. The van der Waals surface area contributed by atoms with E-state index < -0.39 is 11.4 Å². The second-order valence-electron chi connectivity index (χ2n) is 5.94. The normalized spacial score (nSPS) is 16.4. The van der Waals surface area contributed by atoms with Crippen LogP contribution < -0.4 is 10.5 Å². The molecule has 0 bridgehead atoms. The van der Waals surface area contributed by atoms with E-state index >= 15 is 0 Å². The van der Waals surface area contributed by atoms with Gasteiger partial charge >= 0.3 is 0 Å². The Labute approximate surface area is 127 Å². The van der Waals surface area contributed by atoms with E-state index in [2.05, 4.69) is 23.7 Å². The van der Waals surface area contributed by atoms with Crippen LogP contribution in [-0.2, 0) is 11.4 Å². The SMILES string of the molecule is CC(C)[C@@H](N[S+]([O-])C(C)(C)C)c1cc(C(N)=NO)cs1. The topological polar surface area (TPSA) is 93.7 Å². The number of hydrogen-bond donors (Lipinski definition) is 3. The average molecular weight is 317 g/mol. The van der Waals surface area contributed by atoms with Crippen molar-refractivity contribution in [3.63, 3.8) is 0 Å². The van der Waals surface area contributed by atoms with Crippen LogP contribution in [0.4, 0.5) is 0 Å². The Morgan fingerprint density at radius 2 is 2.10 bits per heavy atom. The molecular formula is C13H23N3O2S2. The highest BCUT2D eigenvalue weighted by atomic mass is 32.2. The van der Waals surface area contributed by atoms with Crippen LogP contribution in [0.3, 0.4) is 0 Å². The van der Waals surface area contributed by atoms with Crippen molar-refractivity contribution in [1.82, 2.24) is 4.72 Å². The van der Waals surface area contributed by atoms with Crippen molar-refractivity contribution in [1.29, 1.82) is 0 Å². The number of hydrogen-bond acceptors (Lipinski definition) is 5. The molecule has 7 heteroatoms. The monoisotopic (exact) mass is 317 g/mol. The van der Waals surface area contributed by atoms with Crippen LogP contribution in [0.25, 0.3) is 0 Å². The largest absolute Gasteiger partial charge is 0.598 e. The third-order valence-corrected chi connectivity index (χ3v) is 5.38. The van der Waals surface area contributed by atoms with Gasteiger partial charge in [0.15, 0.2) is 5.84 Å². The number of thiophene rings is 1. The first kappa shape index (κ1) is 17.3. The van der Waals surface area contributed by atoms with Gasteiger partial charge in [0.1, 0.15) is 4.75 Å². The molecule has 0 aliphatic carbocycles. The minimum Gasteiger partial charge on any atom is -0.598 e. The summed E-state index contributed by atoms with van der Waals surface area (Å²) in [7, 11) is 0. The van der Waals surface area contributed by atoms with Gasteiger partial charge in [-0.2, -0.15) is 0 Å². The molecule has 0 spiro atoms. The van der Waals surface area contributed by atoms with E-state index in [1.807, 2.05) is 32.2 Å². The van der Waals surface area contributed by atoms with E-state index in [9.17, 15) is 4.55 Å². The summed E-state index contributed by atoms with van der Waals surface area (Å²) in [6, 6.07) is 1.84. The van der Waals surface area contributed by atoms with Crippen molar-refractivity contribution < 1.29 is 9.76 Å². The van der Waals surface area contributed by atoms with Gasteiger partial charge in [-0.15, -0.1) is 16.1 Å². The number of rotatable bonds is 5. The summed E-state index contributed by atoms with van der Waals surface area (Å²) in [5.74, 6) is 0.368. The maximum Gasteiger partial charge on any atom is 0.170 e. The standard InChI is InChI=1S/C13H23N3O2S2/c1-8(2)11(16-20(18)13(3,4)5)10-6-9(7-19-10)12(14)15-17/h6-8,11,16-17H,1-5H3,(H2,14,15)/t11-,20?/m1/s1. The van der Waals surface area contributed by atoms with E-state index in [-0.39, 0.29) is 22.5 Å². The summed E-state index contributed by atoms with van der Waals surface area (Å²) in [6.07, 6.45) is 0. The number of nitrogens with zero attached hydrogens (tertiary/aromatic N) is 1. The fraction of sp³-hybridized carbons (Fsp3) is 0.615. The second-order valence-corrected chi connectivity index (χ2v) is 8.88. The van der Waals surface area contributed by atoms with E-state index in [4.69, 9.17) is 10.9 Å². The minimum absolute atomic E-state index is 0.0275. The summed E-state index contributed by atoms with van der Waals surface area (Å²) < 4.78 is 15.1. The average Bonchev–Trinajstić information content (AvgIpc) is 2.82. The van der Waals surface area contributed by atoms with Gasteiger partial charge in [-0.3, -0.25) is 0 Å². The minimum atomic E-state index is -1.15. The highest BCUT2D eigenvalue weighted by Gasteiger charge is 2.31. The molecule has 5 nitrogen and oxygen atoms in total. The lowest BCUT2D eigenvalue weighted by Gasteiger charge is -2.29. The van der Waals surface area contributed by atoms with Gasteiger partial charge in [0.2, 0.25) is 0 Å². The highest BCUT2D eigenvalue weighted by molar-refractivity contribution is 7.90. The first-order valence-electron chi connectivity index (χ1n) is 6.41. The molecule has 1 heterocycles. The lowest BCUT2D eigenvalue weighted by atomic mass is 10.0. The lowest BCUT2D eigenvalue weighted by Crippen LogP contribution is -2.42. The number of nitrogens with two attached hydrogens (primary N) is 1. The molecule has 0 aliphatic rings. The van der Waals surface area contributed by atoms with Gasteiger partial charge in [-0.1, -0.05) is 19.0 Å². The molecule has 4 N–H and O–H groups in total. The van der Waals surface area contributed by atoms with Gasteiger partial charge in [0, 0.05) is 27.2 Å². The van der Waals surface area contributed by atoms with Gasteiger partial charge < -0.3 is 15.5 Å². The van der Waals surface area contributed by atoms with Gasteiger partial charge in [0.25, 0.3) is 0 Å². The maximum atomic E-state index is 12.3. The van der Waals surface area contributed by atoms with Crippen LogP contribution >= 0.6 is 11.3 Å². The number of nitrogens with one attached hydrogen (secondary N) is 1. The molecule has 0 radical (unpaired) electrons. The molecule has 0 aliphatic heterocycles. The predicted molar refractivity (Wildman–Crippen MR) is 85.4 cm³/mol. The third-order valence-electron chi connectivity index (χ3n) is 2.79. The molecule has 1 aromatic heterocycles. The fourth-order valence-electron chi connectivity index (χ4n) is 1.52. The Bertz CT molecular complexity index is 466. The second kappa shape index (κ2) is 6.80. The Morgan fingerprint density at radius 3 is 2.55 bits per heavy atom. The van der Waals surface area contributed by atoms with E-state index in [0.717, 1.165) is 4.88 Å². The molecule has 0 saturated heterocycles. The van der Waals surface area contributed by atoms with Crippen LogP contribution in [0, 0.1) is 5.92 Å². The zero-order valence-corrected chi connectivity index (χ0v) is 14.1. The molecule has 1 rings (SSSR count). The Balaban J connectivity index is 2.95. The van der Waals surface area contributed by atoms with Crippen LogP contribution in [-0.4, -0.2) is 20.3 Å². The maximum absolute atomic E-state index is 12.3. The van der Waals surface area contributed by atoms with Gasteiger partial charge in [-0.25, -0.2) is 0 Å². The highest BCUT2D eigenvalue weighted by Crippen LogP contribution is 2.30. The summed E-state index contributed by atoms with van der Waals surface area (Å²) in [5, 5.41) is 13.5. The first-order chi connectivity index (χ1) is 9.16. The van der Waals surface area contributed by atoms with Crippen LogP contribution in [0.5, 0.6) is 0 Å². The first-order valence-corrected chi connectivity index (χ1v) is 8.44. The predicted octanol–water partition coefficient (Wildman–Crippen LogP) is 2.59. The van der Waals surface area contributed by atoms with Crippen molar-refractivity contribution in [3.05, 3.63) is 21.9 Å². The number of amidine groups is 1. The molecule has 2 atom stereocenters. The Morgan fingerprint density at radius 1 is 1.50 bits per heavy atom. The molecule has 0 amide bonds. The fourth-order valence-corrected chi connectivity index (χ4v) is 3.71. The Kier molecular flexibility index (Phi) is 5.88. The van der Waals surface area contributed by atoms with Gasteiger partial charge in [0.05, 0.1) is 6.04 Å². The molecule has 0 fully saturated rings. The van der Waals surface area contributed by atoms with E-state index in [0.29, 0.717) is 5.56 Å². The Hall–Kier alpha value is -0.760. The molecular weight excluding hydrogens is 294 g/mol. The molecule has 0 aromatic carbocycles. The smallest absolute Gasteiger partial charge is 0.170 e. The molecule has 1 aromatic rings. The lowest BCUT2D eigenvalue weighted by molar-refractivity contribution is 0.318. The zero-order chi connectivity index (χ0) is 15.5. The van der Waals surface area contributed by atoms with Crippen LogP contribution in [0.2, 0.25) is 0 Å². The summed E-state index contributed by atoms with van der Waals surface area (Å²) >= 11 is 0.368. The molecule has 0 saturated carbocycles. The van der Waals surface area contributed by atoms with Crippen molar-refractivity contribution >= 4 is 28.5 Å². The summed E-state index contributed by atoms with van der Waals surface area (Å²) in [5.41, 5.74) is 6.26. The van der Waals surface area contributed by atoms with Crippen molar-refractivity contribution in [2.24, 2.45) is 16.8 Å². The third kappa shape index (κ3) is 4.37. The van der Waals surface area contributed by atoms with Gasteiger partial charge in [-0.05, 0) is 32.8 Å². The summed E-state index contributed by atoms with van der Waals surface area (Å²) in [4.78, 5) is 1.03. The van der Waals surface area contributed by atoms with E-state index in [1.165, 1.54) is 11.3 Å². The zero-order valence-electron chi connectivity index (χ0n) is 12.5. The van der Waals surface area contributed by atoms with Crippen LogP contribution in [0.15, 0.2) is 16.6 Å². The van der Waals surface area contributed by atoms with Crippen LogP contribution in [0.1, 0.15) is 51.1 Å². The summed E-state index contributed by atoms with van der Waals surface area (Å²) in [6.45, 7) is 9.94. The van der Waals surface area contributed by atoms with Crippen molar-refractivity contribution in [2.75, 3.05) is 0 Å².